The first kappa shape index (κ1) is 12.0. The molecular weight excluding hydrogens is 186 g/mol. The van der Waals surface area contributed by atoms with Crippen LogP contribution in [0, 0.1) is 13.8 Å². The van der Waals surface area contributed by atoms with E-state index in [4.69, 9.17) is 0 Å². The maximum Gasteiger partial charge on any atom is 0.0641 e. The Bertz CT molecular complexity index is 350. The van der Waals surface area contributed by atoms with E-state index >= 15 is 0 Å². The normalized spacial score (nSPS) is 10.7. The zero-order valence-electron chi connectivity index (χ0n) is 10.2. The Labute approximate surface area is 92.2 Å². The second kappa shape index (κ2) is 5.12. The first-order chi connectivity index (χ1) is 7.10. The first-order valence-corrected chi connectivity index (χ1v) is 5.44. The second-order valence-electron chi connectivity index (χ2n) is 3.94. The van der Waals surface area contributed by atoms with Crippen LogP contribution in [-0.2, 0) is 13.1 Å². The van der Waals surface area contributed by atoms with E-state index in [-0.39, 0.29) is 0 Å². The Hall–Kier alpha value is -1.09. The minimum atomic E-state index is 0.840. The van der Waals surface area contributed by atoms with Gasteiger partial charge in [0.1, 0.15) is 0 Å². The first-order valence-electron chi connectivity index (χ1n) is 5.44. The van der Waals surface area contributed by atoms with E-state index in [9.17, 15) is 0 Å². The van der Waals surface area contributed by atoms with E-state index in [2.05, 4.69) is 37.8 Å². The second-order valence-corrected chi connectivity index (χ2v) is 3.94. The quantitative estimate of drug-likeness (QED) is 0.750. The van der Waals surface area contributed by atoms with Crippen molar-refractivity contribution in [2.24, 2.45) is 0 Å². The summed E-state index contributed by atoms with van der Waals surface area (Å²) in [5.41, 5.74) is 4.89. The van der Waals surface area contributed by atoms with Crippen LogP contribution in [0.5, 0.6) is 0 Å². The van der Waals surface area contributed by atoms with E-state index in [0.29, 0.717) is 0 Å². The number of hydrogen-bond acceptors (Lipinski definition) is 2. The lowest BCUT2D eigenvalue weighted by Crippen LogP contribution is -2.08. The Morgan fingerprint density at radius 1 is 1.47 bits per heavy atom. The fraction of sp³-hybridized carbons (Fsp3) is 0.583. The summed E-state index contributed by atoms with van der Waals surface area (Å²) in [6.07, 6.45) is 1.01. The van der Waals surface area contributed by atoms with Gasteiger partial charge in [0, 0.05) is 17.8 Å². The standard InChI is InChI=1S/C12H21N3/c1-6-9(2)8-15-11(4)12(7-13-5)10(3)14-15/h13H,2,6-8H2,1,3-5H3. The van der Waals surface area contributed by atoms with Gasteiger partial charge in [0.15, 0.2) is 0 Å². The molecule has 0 fully saturated rings. The highest BCUT2D eigenvalue weighted by molar-refractivity contribution is 5.24. The Morgan fingerprint density at radius 2 is 2.13 bits per heavy atom. The maximum atomic E-state index is 4.53. The summed E-state index contributed by atoms with van der Waals surface area (Å²) >= 11 is 0. The zero-order valence-corrected chi connectivity index (χ0v) is 10.2. The molecule has 0 aliphatic rings. The van der Waals surface area contributed by atoms with Crippen molar-refractivity contribution in [1.29, 1.82) is 0 Å². The SMILES string of the molecule is C=C(CC)Cn1nc(C)c(CNC)c1C. The third kappa shape index (κ3) is 2.69. The lowest BCUT2D eigenvalue weighted by Gasteiger charge is -2.06. The molecule has 0 spiro atoms. The predicted octanol–water partition coefficient (Wildman–Crippen LogP) is 2.19. The van der Waals surface area contributed by atoms with Gasteiger partial charge in [-0.3, -0.25) is 4.68 Å². The molecule has 0 aliphatic carbocycles. The molecule has 1 aromatic heterocycles. The molecule has 0 radical (unpaired) electrons. The molecule has 0 saturated carbocycles. The molecule has 3 heteroatoms. The molecular formula is C12H21N3. The van der Waals surface area contributed by atoms with Gasteiger partial charge in [0.25, 0.3) is 0 Å². The molecule has 0 bridgehead atoms. The molecule has 1 aromatic rings. The molecule has 0 unspecified atom stereocenters. The number of aryl methyl sites for hydroxylation is 1. The lowest BCUT2D eigenvalue weighted by atomic mass is 10.2. The number of rotatable bonds is 5. The van der Waals surface area contributed by atoms with Crippen molar-refractivity contribution < 1.29 is 0 Å². The number of allylic oxidation sites excluding steroid dienone is 1. The van der Waals surface area contributed by atoms with Gasteiger partial charge in [0.2, 0.25) is 0 Å². The van der Waals surface area contributed by atoms with Crippen molar-refractivity contribution in [1.82, 2.24) is 15.1 Å². The van der Waals surface area contributed by atoms with Crippen molar-refractivity contribution in [2.75, 3.05) is 7.05 Å². The summed E-state index contributed by atoms with van der Waals surface area (Å²) in [7, 11) is 1.96. The van der Waals surface area contributed by atoms with E-state index in [1.165, 1.54) is 16.8 Å². The van der Waals surface area contributed by atoms with Gasteiger partial charge in [-0.2, -0.15) is 5.10 Å². The van der Waals surface area contributed by atoms with Crippen LogP contribution in [0.25, 0.3) is 0 Å². The summed E-state index contributed by atoms with van der Waals surface area (Å²) in [5, 5.41) is 7.70. The maximum absolute atomic E-state index is 4.53. The van der Waals surface area contributed by atoms with Gasteiger partial charge in [-0.25, -0.2) is 0 Å². The molecule has 0 aromatic carbocycles. The average Bonchev–Trinajstić information content (AvgIpc) is 2.46. The third-order valence-electron chi connectivity index (χ3n) is 2.76. The van der Waals surface area contributed by atoms with Crippen LogP contribution in [0.1, 0.15) is 30.3 Å². The van der Waals surface area contributed by atoms with Gasteiger partial charge in [-0.15, -0.1) is 0 Å². The Balaban J connectivity index is 2.90. The summed E-state index contributed by atoms with van der Waals surface area (Å²) in [5.74, 6) is 0. The van der Waals surface area contributed by atoms with Crippen LogP contribution < -0.4 is 5.32 Å². The Morgan fingerprint density at radius 3 is 2.67 bits per heavy atom. The zero-order chi connectivity index (χ0) is 11.4. The van der Waals surface area contributed by atoms with Crippen molar-refractivity contribution in [2.45, 2.75) is 40.3 Å². The molecule has 0 amide bonds. The molecule has 1 rings (SSSR count). The van der Waals surface area contributed by atoms with Crippen molar-refractivity contribution in [3.05, 3.63) is 29.1 Å². The number of nitrogens with zero attached hydrogens (tertiary/aromatic N) is 2. The van der Waals surface area contributed by atoms with Crippen LogP contribution in [0.3, 0.4) is 0 Å². The minimum Gasteiger partial charge on any atom is -0.316 e. The van der Waals surface area contributed by atoms with E-state index < -0.39 is 0 Å². The van der Waals surface area contributed by atoms with Gasteiger partial charge in [-0.05, 0) is 27.3 Å². The molecule has 0 saturated heterocycles. The van der Waals surface area contributed by atoms with Crippen LogP contribution in [0.2, 0.25) is 0 Å². The van der Waals surface area contributed by atoms with E-state index in [1.54, 1.807) is 0 Å². The molecule has 3 nitrogen and oxygen atoms in total. The van der Waals surface area contributed by atoms with Gasteiger partial charge in [-0.1, -0.05) is 19.1 Å². The van der Waals surface area contributed by atoms with E-state index in [0.717, 1.165) is 25.2 Å². The van der Waals surface area contributed by atoms with Crippen molar-refractivity contribution in [3.63, 3.8) is 0 Å². The van der Waals surface area contributed by atoms with Crippen LogP contribution in [0.15, 0.2) is 12.2 Å². The summed E-state index contributed by atoms with van der Waals surface area (Å²) < 4.78 is 2.05. The Kier molecular flexibility index (Phi) is 4.09. The molecule has 1 N–H and O–H groups in total. The fourth-order valence-electron chi connectivity index (χ4n) is 1.64. The topological polar surface area (TPSA) is 29.9 Å². The molecule has 84 valence electrons. The number of aromatic nitrogens is 2. The van der Waals surface area contributed by atoms with E-state index in [1.807, 2.05) is 11.7 Å². The van der Waals surface area contributed by atoms with Crippen molar-refractivity contribution >= 4 is 0 Å². The van der Waals surface area contributed by atoms with Gasteiger partial charge < -0.3 is 5.32 Å². The lowest BCUT2D eigenvalue weighted by molar-refractivity contribution is 0.638. The van der Waals surface area contributed by atoms with Crippen LogP contribution in [0.4, 0.5) is 0 Å². The highest BCUT2D eigenvalue weighted by atomic mass is 15.3. The largest absolute Gasteiger partial charge is 0.316 e. The summed E-state index contributed by atoms with van der Waals surface area (Å²) in [6.45, 7) is 12.1. The smallest absolute Gasteiger partial charge is 0.0641 e. The molecule has 0 aliphatic heterocycles. The average molecular weight is 207 g/mol. The van der Waals surface area contributed by atoms with Crippen LogP contribution >= 0.6 is 0 Å². The molecule has 1 heterocycles. The molecule has 0 atom stereocenters. The third-order valence-corrected chi connectivity index (χ3v) is 2.76. The predicted molar refractivity (Wildman–Crippen MR) is 63.9 cm³/mol. The summed E-state index contributed by atoms with van der Waals surface area (Å²) in [4.78, 5) is 0. The van der Waals surface area contributed by atoms with Crippen molar-refractivity contribution in [3.8, 4) is 0 Å². The molecule has 15 heavy (non-hydrogen) atoms. The van der Waals surface area contributed by atoms with Crippen LogP contribution in [-0.4, -0.2) is 16.8 Å². The number of nitrogens with one attached hydrogen (secondary N) is 1. The van der Waals surface area contributed by atoms with Gasteiger partial charge in [0.05, 0.1) is 12.2 Å². The van der Waals surface area contributed by atoms with Gasteiger partial charge >= 0.3 is 0 Å². The minimum absolute atomic E-state index is 0.840. The fourth-order valence-corrected chi connectivity index (χ4v) is 1.64. The highest BCUT2D eigenvalue weighted by Crippen LogP contribution is 2.14. The number of hydrogen-bond donors (Lipinski definition) is 1. The monoisotopic (exact) mass is 207 g/mol. The summed E-state index contributed by atoms with van der Waals surface area (Å²) in [6, 6.07) is 0. The highest BCUT2D eigenvalue weighted by Gasteiger charge is 2.10.